The van der Waals surface area contributed by atoms with Gasteiger partial charge >= 0.3 is 0 Å². The molecule has 0 bridgehead atoms. The molecule has 122 valence electrons. The molecule has 0 saturated carbocycles. The van der Waals surface area contributed by atoms with Crippen LogP contribution in [-0.2, 0) is 4.74 Å². The number of amides is 1. The van der Waals surface area contributed by atoms with E-state index >= 15 is 0 Å². The summed E-state index contributed by atoms with van der Waals surface area (Å²) in [7, 11) is 0. The molecule has 0 radical (unpaired) electrons. The summed E-state index contributed by atoms with van der Waals surface area (Å²) in [5.41, 5.74) is 1.59. The Hall–Kier alpha value is -1.50. The third-order valence-corrected chi connectivity index (χ3v) is 5.68. The summed E-state index contributed by atoms with van der Waals surface area (Å²) in [6.07, 6.45) is 0. The van der Waals surface area contributed by atoms with E-state index in [0.717, 1.165) is 20.5 Å². The van der Waals surface area contributed by atoms with Crippen molar-refractivity contribution in [2.24, 2.45) is 0 Å². The van der Waals surface area contributed by atoms with Gasteiger partial charge < -0.3 is 9.64 Å². The molecule has 1 aliphatic heterocycles. The molecule has 2 aromatic rings. The number of ether oxygens (including phenoxy) is 1. The summed E-state index contributed by atoms with van der Waals surface area (Å²) in [4.78, 5) is 15.3. The third kappa shape index (κ3) is 3.71. The minimum atomic E-state index is 0. The van der Waals surface area contributed by atoms with Gasteiger partial charge in [-0.25, -0.2) is 0 Å². The quantitative estimate of drug-likeness (QED) is 0.649. The van der Waals surface area contributed by atoms with Crippen molar-refractivity contribution in [3.8, 4) is 0 Å². The van der Waals surface area contributed by atoms with Crippen LogP contribution >= 0.6 is 35.5 Å². The second kappa shape index (κ2) is 7.86. The molecule has 1 amide bonds. The number of hydrogen-bond donors (Lipinski definition) is 1. The molecule has 23 heavy (non-hydrogen) atoms. The Kier molecular flexibility index (Phi) is 6.10. The molecule has 2 heterocycles. The maximum Gasteiger partial charge on any atom is 0.258 e. The molecule has 1 aromatic carbocycles. The first kappa shape index (κ1) is 17.8. The van der Waals surface area contributed by atoms with Crippen LogP contribution in [0.1, 0.15) is 22.2 Å². The van der Waals surface area contributed by atoms with E-state index in [9.17, 15) is 4.79 Å². The fraction of sp³-hybridized carbons (Fsp3) is 0.250. The average Bonchev–Trinajstić information content (AvgIpc) is 2.99. The molecule has 0 spiro atoms. The number of fused-ring (bicyclic) bond motifs is 1. The van der Waals surface area contributed by atoms with Crippen molar-refractivity contribution in [2.45, 2.75) is 11.1 Å². The highest BCUT2D eigenvalue weighted by Crippen LogP contribution is 2.42. The van der Waals surface area contributed by atoms with Gasteiger partial charge in [-0.1, -0.05) is 18.2 Å². The fourth-order valence-corrected chi connectivity index (χ4v) is 4.61. The van der Waals surface area contributed by atoms with Crippen LogP contribution in [0.5, 0.6) is 0 Å². The summed E-state index contributed by atoms with van der Waals surface area (Å²) in [6, 6.07) is 11.2. The summed E-state index contributed by atoms with van der Waals surface area (Å²) < 4.78 is 6.35. The second-order valence-electron chi connectivity index (χ2n) is 4.72. The number of carbonyl (C=O) groups is 1. The van der Waals surface area contributed by atoms with E-state index < -0.39 is 0 Å². The zero-order valence-electron chi connectivity index (χ0n) is 12.6. The number of nitrogens with one attached hydrogen (secondary N) is 1. The Morgan fingerprint density at radius 2 is 2.09 bits per heavy atom. The van der Waals surface area contributed by atoms with Gasteiger partial charge in [-0.3, -0.25) is 10.2 Å². The van der Waals surface area contributed by atoms with Gasteiger partial charge in [-0.2, -0.15) is 0 Å². The molecule has 0 aliphatic carbocycles. The van der Waals surface area contributed by atoms with Crippen LogP contribution in [0.2, 0.25) is 0 Å². The van der Waals surface area contributed by atoms with Gasteiger partial charge in [0, 0.05) is 17.9 Å². The number of carbonyl (C=O) groups excluding carboxylic acids is 1. The maximum absolute atomic E-state index is 12.7. The lowest BCUT2D eigenvalue weighted by molar-refractivity contribution is 0.0988. The van der Waals surface area contributed by atoms with Crippen molar-refractivity contribution in [1.82, 2.24) is 0 Å². The first-order chi connectivity index (χ1) is 10.7. The van der Waals surface area contributed by atoms with Gasteiger partial charge in [-0.15, -0.1) is 35.5 Å². The van der Waals surface area contributed by atoms with Crippen LogP contribution < -0.4 is 4.90 Å². The number of hydrogen-bond acceptors (Lipinski definition) is 5. The monoisotopic (exact) mass is 368 g/mol. The van der Waals surface area contributed by atoms with Crippen LogP contribution in [0.4, 0.5) is 5.69 Å². The SMILES string of the molecule is CCOC(=N)c1cc2c(s1)SCCN2C(=O)c1ccccc1.Cl. The van der Waals surface area contributed by atoms with Crippen LogP contribution in [0.15, 0.2) is 40.6 Å². The van der Waals surface area contributed by atoms with Crippen LogP contribution in [0.3, 0.4) is 0 Å². The van der Waals surface area contributed by atoms with E-state index in [-0.39, 0.29) is 24.2 Å². The Labute approximate surface area is 149 Å². The molecule has 4 nitrogen and oxygen atoms in total. The Bertz CT molecular complexity index is 703. The zero-order chi connectivity index (χ0) is 15.5. The lowest BCUT2D eigenvalue weighted by Gasteiger charge is -2.26. The molecule has 1 aromatic heterocycles. The summed E-state index contributed by atoms with van der Waals surface area (Å²) >= 11 is 3.25. The molecule has 0 unspecified atom stereocenters. The standard InChI is InChI=1S/C16H16N2O2S2.ClH/c1-2-20-14(17)13-10-12-16(22-13)21-9-8-18(12)15(19)11-6-4-3-5-7-11;/h3-7,10,17H,2,8-9H2,1H3;1H. The number of thioether (sulfide) groups is 1. The predicted octanol–water partition coefficient (Wildman–Crippen LogP) is 4.28. The van der Waals surface area contributed by atoms with Gasteiger partial charge in [0.15, 0.2) is 0 Å². The number of anilines is 1. The first-order valence-electron chi connectivity index (χ1n) is 7.06. The second-order valence-corrected chi connectivity index (χ2v) is 7.13. The predicted molar refractivity (Wildman–Crippen MR) is 98.9 cm³/mol. The summed E-state index contributed by atoms with van der Waals surface area (Å²) in [5.74, 6) is 1.05. The number of halogens is 1. The van der Waals surface area contributed by atoms with E-state index in [2.05, 4.69) is 0 Å². The lowest BCUT2D eigenvalue weighted by atomic mass is 10.2. The van der Waals surface area contributed by atoms with Gasteiger partial charge in [0.25, 0.3) is 5.91 Å². The average molecular weight is 369 g/mol. The third-order valence-electron chi connectivity index (χ3n) is 3.30. The normalized spacial score (nSPS) is 13.0. The van der Waals surface area contributed by atoms with Crippen molar-refractivity contribution >= 4 is 53.0 Å². The van der Waals surface area contributed by atoms with Crippen LogP contribution in [0.25, 0.3) is 0 Å². The number of thiophene rings is 1. The molecule has 0 atom stereocenters. The highest BCUT2D eigenvalue weighted by Gasteiger charge is 2.27. The maximum atomic E-state index is 12.7. The molecule has 7 heteroatoms. The van der Waals surface area contributed by atoms with Gasteiger partial charge in [0.2, 0.25) is 5.90 Å². The molecule has 3 rings (SSSR count). The number of benzene rings is 1. The number of nitrogens with zero attached hydrogens (tertiary/aromatic N) is 1. The van der Waals surface area contributed by atoms with E-state index in [1.165, 1.54) is 11.3 Å². The van der Waals surface area contributed by atoms with E-state index in [0.29, 0.717) is 18.7 Å². The molecular formula is C16H17ClN2O2S2. The molecule has 1 aliphatic rings. The van der Waals surface area contributed by atoms with Crippen molar-refractivity contribution in [1.29, 1.82) is 5.41 Å². The van der Waals surface area contributed by atoms with E-state index in [1.807, 2.05) is 43.3 Å². The van der Waals surface area contributed by atoms with Gasteiger partial charge in [0.1, 0.15) is 0 Å². The largest absolute Gasteiger partial charge is 0.477 e. The summed E-state index contributed by atoms with van der Waals surface area (Å²) in [5, 5.41) is 7.92. The zero-order valence-corrected chi connectivity index (χ0v) is 15.0. The minimum Gasteiger partial charge on any atom is -0.477 e. The van der Waals surface area contributed by atoms with Gasteiger partial charge in [-0.05, 0) is 25.1 Å². The topological polar surface area (TPSA) is 53.4 Å². The molecular weight excluding hydrogens is 352 g/mol. The molecule has 1 N–H and O–H groups in total. The highest BCUT2D eigenvalue weighted by atomic mass is 35.5. The van der Waals surface area contributed by atoms with E-state index in [1.54, 1.807) is 16.7 Å². The number of rotatable bonds is 3. The Morgan fingerprint density at radius 3 is 2.78 bits per heavy atom. The van der Waals surface area contributed by atoms with Crippen molar-refractivity contribution in [3.05, 3.63) is 46.8 Å². The highest BCUT2D eigenvalue weighted by molar-refractivity contribution is 8.01. The fourth-order valence-electron chi connectivity index (χ4n) is 2.28. The summed E-state index contributed by atoms with van der Waals surface area (Å²) in [6.45, 7) is 3.02. The first-order valence-corrected chi connectivity index (χ1v) is 8.86. The van der Waals surface area contributed by atoms with Crippen molar-refractivity contribution in [2.75, 3.05) is 23.8 Å². The van der Waals surface area contributed by atoms with Crippen molar-refractivity contribution in [3.63, 3.8) is 0 Å². The molecule has 0 saturated heterocycles. The van der Waals surface area contributed by atoms with Crippen LogP contribution in [0, 0.1) is 5.41 Å². The van der Waals surface area contributed by atoms with Crippen molar-refractivity contribution < 1.29 is 9.53 Å². The Balaban J connectivity index is 0.00000192. The smallest absolute Gasteiger partial charge is 0.258 e. The Morgan fingerprint density at radius 1 is 1.35 bits per heavy atom. The van der Waals surface area contributed by atoms with Crippen LogP contribution in [-0.4, -0.2) is 30.7 Å². The lowest BCUT2D eigenvalue weighted by Crippen LogP contribution is -2.34. The van der Waals surface area contributed by atoms with E-state index in [4.69, 9.17) is 10.1 Å². The minimum absolute atomic E-state index is 0. The van der Waals surface area contributed by atoms with Gasteiger partial charge in [0.05, 0.1) is 21.4 Å². The molecule has 0 fully saturated rings.